The van der Waals surface area contributed by atoms with Crippen molar-refractivity contribution in [1.29, 1.82) is 0 Å². The van der Waals surface area contributed by atoms with E-state index in [0.717, 1.165) is 0 Å². The molecule has 0 aliphatic carbocycles. The first-order valence-corrected chi connectivity index (χ1v) is 14.1. The molecule has 0 saturated carbocycles. The van der Waals surface area contributed by atoms with Gasteiger partial charge in [-0.15, -0.1) is 0 Å². The van der Waals surface area contributed by atoms with Crippen molar-refractivity contribution in [3.63, 3.8) is 0 Å². The second kappa shape index (κ2) is 10.7. The number of rotatable bonds is 8. The van der Waals surface area contributed by atoms with Crippen LogP contribution in [0.4, 0.5) is 15.9 Å². The van der Waals surface area contributed by atoms with E-state index in [2.05, 4.69) is 29.7 Å². The maximum Gasteiger partial charge on any atom is 0.182 e. The van der Waals surface area contributed by atoms with Crippen molar-refractivity contribution < 1.29 is 17.3 Å². The van der Waals surface area contributed by atoms with Crippen LogP contribution in [0.15, 0.2) is 53.4 Å². The van der Waals surface area contributed by atoms with Crippen molar-refractivity contribution in [2.75, 3.05) is 9.44 Å². The van der Waals surface area contributed by atoms with Gasteiger partial charge in [0, 0.05) is 11.6 Å². The second-order valence-electron chi connectivity index (χ2n) is 10.5. The molecule has 202 valence electrons. The summed E-state index contributed by atoms with van der Waals surface area (Å²) < 4.78 is 51.4. The lowest BCUT2D eigenvalue weighted by Crippen LogP contribution is -2.30. The smallest absolute Gasteiger partial charge is 0.182 e. The van der Waals surface area contributed by atoms with E-state index in [1.807, 2.05) is 41.5 Å². The molecule has 0 fully saturated rings. The zero-order chi connectivity index (χ0) is 27.7. The number of aromatic nitrogens is 5. The third kappa shape index (κ3) is 6.33. The van der Waals surface area contributed by atoms with Crippen molar-refractivity contribution in [1.82, 2.24) is 24.9 Å². The number of halogens is 1. The van der Waals surface area contributed by atoms with Crippen LogP contribution in [-0.2, 0) is 28.5 Å². The van der Waals surface area contributed by atoms with Crippen LogP contribution in [0.3, 0.4) is 0 Å². The molecule has 10 nitrogen and oxygen atoms in total. The lowest BCUT2D eigenvalue weighted by Gasteiger charge is -2.22. The van der Waals surface area contributed by atoms with Crippen molar-refractivity contribution in [3.8, 4) is 22.9 Å². The van der Waals surface area contributed by atoms with Gasteiger partial charge in [-0.25, -0.2) is 22.8 Å². The number of hydrogen-bond acceptors (Lipinski definition) is 7. The van der Waals surface area contributed by atoms with Crippen LogP contribution in [-0.4, -0.2) is 42.8 Å². The number of nitrogens with one attached hydrogen (secondary N) is 2. The van der Waals surface area contributed by atoms with Crippen LogP contribution in [0, 0.1) is 5.82 Å². The standard InChI is InChI=1S/C25H30FN7O3S2/c1-24(2,3)37(34)31-20-14-27-22(28-23(20)32-38(35)25(4,5)6)19-13-21(18-11-12-36-30-18)33(29-19)15-16-9-7-8-10-17(16)26/h7-14,31H,15H2,1-6H3,(H,27,28,32). The molecule has 0 saturated heterocycles. The first-order valence-electron chi connectivity index (χ1n) is 11.8. The minimum Gasteiger partial charge on any atom is -0.364 e. The molecule has 0 bridgehead atoms. The predicted octanol–water partition coefficient (Wildman–Crippen LogP) is 4.93. The van der Waals surface area contributed by atoms with E-state index in [9.17, 15) is 12.8 Å². The number of hydrogen-bond donors (Lipinski definition) is 2. The van der Waals surface area contributed by atoms with E-state index in [1.165, 1.54) is 18.5 Å². The van der Waals surface area contributed by atoms with Crippen LogP contribution in [0.25, 0.3) is 22.9 Å². The van der Waals surface area contributed by atoms with E-state index >= 15 is 0 Å². The maximum atomic E-state index is 14.4. The first-order chi connectivity index (χ1) is 17.8. The minimum atomic E-state index is -1.52. The summed E-state index contributed by atoms with van der Waals surface area (Å²) in [4.78, 5) is 9.02. The summed E-state index contributed by atoms with van der Waals surface area (Å²) in [7, 11) is -2.99. The highest BCUT2D eigenvalue weighted by molar-refractivity contribution is 7.88. The van der Waals surface area contributed by atoms with Crippen molar-refractivity contribution >= 4 is 33.5 Å². The summed E-state index contributed by atoms with van der Waals surface area (Å²) in [6, 6.07) is 9.84. The highest BCUT2D eigenvalue weighted by Gasteiger charge is 2.25. The van der Waals surface area contributed by atoms with E-state index in [1.54, 1.807) is 35.0 Å². The van der Waals surface area contributed by atoms with Gasteiger partial charge in [-0.1, -0.05) is 23.4 Å². The average molecular weight is 560 g/mol. The Hall–Kier alpha value is -3.45. The number of nitrogens with zero attached hydrogens (tertiary/aromatic N) is 5. The molecule has 4 aromatic rings. The third-order valence-corrected chi connectivity index (χ3v) is 8.29. The zero-order valence-electron chi connectivity index (χ0n) is 22.0. The maximum absolute atomic E-state index is 14.4. The molecule has 0 radical (unpaired) electrons. The zero-order valence-corrected chi connectivity index (χ0v) is 23.6. The second-order valence-corrected chi connectivity index (χ2v) is 14.4. The largest absolute Gasteiger partial charge is 0.364 e. The van der Waals surface area contributed by atoms with Crippen LogP contribution in [0.2, 0.25) is 0 Å². The summed E-state index contributed by atoms with van der Waals surface area (Å²) in [5.41, 5.74) is 2.24. The molecule has 0 aliphatic rings. The summed E-state index contributed by atoms with van der Waals surface area (Å²) in [6.07, 6.45) is 2.91. The molecule has 2 N–H and O–H groups in total. The fourth-order valence-electron chi connectivity index (χ4n) is 3.14. The Bertz CT molecular complexity index is 1480. The summed E-state index contributed by atoms with van der Waals surface area (Å²) in [5.74, 6) is 0.0837. The third-order valence-electron chi connectivity index (χ3n) is 5.28. The van der Waals surface area contributed by atoms with Crippen LogP contribution >= 0.6 is 0 Å². The van der Waals surface area contributed by atoms with Crippen LogP contribution in [0.1, 0.15) is 47.1 Å². The van der Waals surface area contributed by atoms with Gasteiger partial charge < -0.3 is 4.52 Å². The van der Waals surface area contributed by atoms with Gasteiger partial charge in [-0.2, -0.15) is 5.10 Å². The van der Waals surface area contributed by atoms with Gasteiger partial charge in [0.2, 0.25) is 0 Å². The van der Waals surface area contributed by atoms with Gasteiger partial charge in [0.1, 0.15) is 51.1 Å². The highest BCUT2D eigenvalue weighted by atomic mass is 32.2. The molecule has 2 unspecified atom stereocenters. The molecule has 3 aromatic heterocycles. The molecular formula is C25H30FN7O3S2. The molecule has 1 aromatic carbocycles. The molecule has 2 atom stereocenters. The SMILES string of the molecule is CC(C)(C)S(=O)Nc1cnc(-c2cc(-c3ccon3)n(Cc3ccccc3F)n2)nc1NS(=O)C(C)(C)C. The summed E-state index contributed by atoms with van der Waals surface area (Å²) >= 11 is 0. The quantitative estimate of drug-likeness (QED) is 0.313. The molecule has 0 spiro atoms. The van der Waals surface area contributed by atoms with Crippen molar-refractivity contribution in [2.24, 2.45) is 0 Å². The van der Waals surface area contributed by atoms with Gasteiger partial charge in [0.15, 0.2) is 11.6 Å². The molecule has 13 heteroatoms. The van der Waals surface area contributed by atoms with Crippen molar-refractivity contribution in [3.05, 3.63) is 60.2 Å². The van der Waals surface area contributed by atoms with Crippen LogP contribution < -0.4 is 9.44 Å². The lowest BCUT2D eigenvalue weighted by molar-refractivity contribution is 0.421. The molecular weight excluding hydrogens is 529 g/mol. The number of benzene rings is 1. The van der Waals surface area contributed by atoms with Gasteiger partial charge in [-0.3, -0.25) is 14.1 Å². The van der Waals surface area contributed by atoms with Crippen molar-refractivity contribution in [2.45, 2.75) is 57.6 Å². The van der Waals surface area contributed by atoms with E-state index in [4.69, 9.17) is 4.52 Å². The van der Waals surface area contributed by atoms with Gasteiger partial charge in [-0.05, 0) is 53.7 Å². The highest BCUT2D eigenvalue weighted by Crippen LogP contribution is 2.29. The van der Waals surface area contributed by atoms with E-state index in [0.29, 0.717) is 28.3 Å². The molecule has 0 aliphatic heterocycles. The lowest BCUT2D eigenvalue weighted by atomic mass is 10.2. The summed E-state index contributed by atoms with van der Waals surface area (Å²) in [6.45, 7) is 11.1. The fraction of sp³-hybridized carbons (Fsp3) is 0.360. The Kier molecular flexibility index (Phi) is 7.79. The van der Waals surface area contributed by atoms with Crippen LogP contribution in [0.5, 0.6) is 0 Å². The predicted molar refractivity (Wildman–Crippen MR) is 147 cm³/mol. The molecule has 4 rings (SSSR count). The average Bonchev–Trinajstić information content (AvgIpc) is 3.50. The number of anilines is 2. The minimum absolute atomic E-state index is 0.137. The van der Waals surface area contributed by atoms with Gasteiger partial charge in [0.25, 0.3) is 0 Å². The van der Waals surface area contributed by atoms with Gasteiger partial charge in [0.05, 0.1) is 27.9 Å². The normalized spacial score (nSPS) is 13.8. The molecule has 0 amide bonds. The molecule has 38 heavy (non-hydrogen) atoms. The Morgan fingerprint density at radius 1 is 0.974 bits per heavy atom. The summed E-state index contributed by atoms with van der Waals surface area (Å²) in [5, 5.41) is 8.64. The Morgan fingerprint density at radius 3 is 2.29 bits per heavy atom. The Balaban J connectivity index is 1.77. The molecule has 3 heterocycles. The topological polar surface area (TPSA) is 128 Å². The van der Waals surface area contributed by atoms with E-state index < -0.39 is 31.5 Å². The van der Waals surface area contributed by atoms with Gasteiger partial charge >= 0.3 is 0 Å². The monoisotopic (exact) mass is 559 g/mol. The Morgan fingerprint density at radius 2 is 1.66 bits per heavy atom. The first kappa shape index (κ1) is 27.6. The van der Waals surface area contributed by atoms with E-state index in [-0.39, 0.29) is 24.0 Å². The Labute approximate surface area is 225 Å². The fourth-order valence-corrected chi connectivity index (χ4v) is 4.43.